The lowest BCUT2D eigenvalue weighted by Gasteiger charge is -2.03. The van der Waals surface area contributed by atoms with E-state index in [2.05, 4.69) is 9.97 Å². The van der Waals surface area contributed by atoms with Gasteiger partial charge in [-0.1, -0.05) is 6.92 Å². The molecule has 0 saturated heterocycles. The number of rotatable bonds is 2. The molecule has 18 heavy (non-hydrogen) atoms. The Kier molecular flexibility index (Phi) is 3.20. The number of hydrogen-bond acceptors (Lipinski definition) is 3. The first-order valence-corrected chi connectivity index (χ1v) is 5.43. The number of nitrogens with one attached hydrogen (secondary N) is 1. The van der Waals surface area contributed by atoms with Crippen molar-refractivity contribution >= 4 is 0 Å². The van der Waals surface area contributed by atoms with Gasteiger partial charge in [0.1, 0.15) is 11.6 Å². The Bertz CT molecular complexity index is 685. The van der Waals surface area contributed by atoms with Crippen molar-refractivity contribution in [2.24, 2.45) is 0 Å². The maximum Gasteiger partial charge on any atom is 0.251 e. The first-order chi connectivity index (χ1) is 8.62. The Hall–Kier alpha value is -2.48. The molecule has 1 aromatic carbocycles. The van der Waals surface area contributed by atoms with Gasteiger partial charge in [0, 0.05) is 18.1 Å². The average molecular weight is 243 g/mol. The van der Waals surface area contributed by atoms with Gasteiger partial charge < -0.3 is 4.98 Å². The van der Waals surface area contributed by atoms with Gasteiger partial charge >= 0.3 is 0 Å². The highest BCUT2D eigenvalue weighted by Gasteiger charge is 2.06. The summed E-state index contributed by atoms with van der Waals surface area (Å²) >= 11 is 0. The summed E-state index contributed by atoms with van der Waals surface area (Å²) in [6, 6.07) is 7.05. The van der Waals surface area contributed by atoms with Gasteiger partial charge in [-0.05, 0) is 18.2 Å². The van der Waals surface area contributed by atoms with Gasteiger partial charge in [0.05, 0.1) is 17.3 Å². The SMILES string of the molecule is CCc1nc(-c2cc(F)cc(C#N)c2)cc(=O)[nH]1. The molecule has 0 bridgehead atoms. The Morgan fingerprint density at radius 3 is 2.83 bits per heavy atom. The lowest BCUT2D eigenvalue weighted by Crippen LogP contribution is -2.10. The Labute approximate surface area is 103 Å². The van der Waals surface area contributed by atoms with Crippen molar-refractivity contribution in [3.05, 3.63) is 51.8 Å². The van der Waals surface area contributed by atoms with E-state index in [1.54, 1.807) is 0 Å². The van der Waals surface area contributed by atoms with E-state index in [1.807, 2.05) is 13.0 Å². The third-order valence-electron chi connectivity index (χ3n) is 2.45. The fourth-order valence-electron chi connectivity index (χ4n) is 1.63. The summed E-state index contributed by atoms with van der Waals surface area (Å²) in [7, 11) is 0. The molecule has 90 valence electrons. The van der Waals surface area contributed by atoms with Gasteiger partial charge in [0.2, 0.25) is 0 Å². The van der Waals surface area contributed by atoms with Crippen LogP contribution in [0.5, 0.6) is 0 Å². The number of nitriles is 1. The number of halogens is 1. The Balaban J connectivity index is 2.62. The number of aryl methyl sites for hydroxylation is 1. The summed E-state index contributed by atoms with van der Waals surface area (Å²) in [6.45, 7) is 1.86. The molecule has 0 atom stereocenters. The number of hydrogen-bond donors (Lipinski definition) is 1. The fraction of sp³-hybridized carbons (Fsp3) is 0.154. The number of aromatic nitrogens is 2. The van der Waals surface area contributed by atoms with Crippen LogP contribution in [0.15, 0.2) is 29.1 Å². The first-order valence-electron chi connectivity index (χ1n) is 5.43. The molecule has 2 aromatic rings. The van der Waals surface area contributed by atoms with E-state index in [9.17, 15) is 9.18 Å². The van der Waals surface area contributed by atoms with Crippen LogP contribution < -0.4 is 5.56 Å². The molecule has 4 nitrogen and oxygen atoms in total. The van der Waals surface area contributed by atoms with Crippen molar-refractivity contribution in [3.63, 3.8) is 0 Å². The number of benzene rings is 1. The molecule has 2 rings (SSSR count). The molecular weight excluding hydrogens is 233 g/mol. The molecule has 0 aliphatic rings. The van der Waals surface area contributed by atoms with Crippen molar-refractivity contribution in [1.29, 1.82) is 5.26 Å². The van der Waals surface area contributed by atoms with Crippen LogP contribution in [0.25, 0.3) is 11.3 Å². The van der Waals surface area contributed by atoms with Gasteiger partial charge in [0.25, 0.3) is 5.56 Å². The largest absolute Gasteiger partial charge is 0.311 e. The van der Waals surface area contributed by atoms with Crippen molar-refractivity contribution < 1.29 is 4.39 Å². The summed E-state index contributed by atoms with van der Waals surface area (Å²) < 4.78 is 13.3. The van der Waals surface area contributed by atoms with Crippen LogP contribution in [0, 0.1) is 17.1 Å². The van der Waals surface area contributed by atoms with Crippen molar-refractivity contribution in [3.8, 4) is 17.3 Å². The second-order valence-electron chi connectivity index (χ2n) is 3.77. The summed E-state index contributed by atoms with van der Waals surface area (Å²) in [4.78, 5) is 18.2. The smallest absolute Gasteiger partial charge is 0.251 e. The minimum Gasteiger partial charge on any atom is -0.311 e. The summed E-state index contributed by atoms with van der Waals surface area (Å²) in [6.07, 6.45) is 0.573. The second-order valence-corrected chi connectivity index (χ2v) is 3.77. The highest BCUT2D eigenvalue weighted by molar-refractivity contribution is 5.61. The van der Waals surface area contributed by atoms with E-state index in [1.165, 1.54) is 18.2 Å². The van der Waals surface area contributed by atoms with Crippen LogP contribution in [0.3, 0.4) is 0 Å². The van der Waals surface area contributed by atoms with Crippen molar-refractivity contribution in [2.45, 2.75) is 13.3 Å². The number of aromatic amines is 1. The number of H-pyrrole nitrogens is 1. The van der Waals surface area contributed by atoms with Gasteiger partial charge in [0.15, 0.2) is 0 Å². The standard InChI is InChI=1S/C13H10FN3O/c1-2-12-16-11(6-13(18)17-12)9-3-8(7-15)4-10(14)5-9/h3-6H,2H2,1H3,(H,16,17,18). The highest BCUT2D eigenvalue weighted by atomic mass is 19.1. The molecule has 5 heteroatoms. The van der Waals surface area contributed by atoms with Crippen molar-refractivity contribution in [1.82, 2.24) is 9.97 Å². The summed E-state index contributed by atoms with van der Waals surface area (Å²) in [5.41, 5.74) is 0.698. The van der Waals surface area contributed by atoms with Gasteiger partial charge in [-0.25, -0.2) is 9.37 Å². The average Bonchev–Trinajstić information content (AvgIpc) is 2.37. The fourth-order valence-corrected chi connectivity index (χ4v) is 1.63. The zero-order chi connectivity index (χ0) is 13.1. The maximum absolute atomic E-state index is 13.3. The normalized spacial score (nSPS) is 10.1. The second kappa shape index (κ2) is 4.80. The molecule has 0 saturated carbocycles. The minimum absolute atomic E-state index is 0.199. The van der Waals surface area contributed by atoms with E-state index < -0.39 is 5.82 Å². The monoisotopic (exact) mass is 243 g/mol. The molecule has 0 aliphatic heterocycles. The van der Waals surface area contributed by atoms with Crippen LogP contribution in [-0.4, -0.2) is 9.97 Å². The van der Waals surface area contributed by atoms with Crippen molar-refractivity contribution in [2.75, 3.05) is 0 Å². The molecule has 0 aliphatic carbocycles. The predicted octanol–water partition coefficient (Wildman–Crippen LogP) is 2.01. The third-order valence-corrected chi connectivity index (χ3v) is 2.45. The third kappa shape index (κ3) is 2.43. The van der Waals surface area contributed by atoms with Crippen LogP contribution in [0.2, 0.25) is 0 Å². The molecule has 1 N–H and O–H groups in total. The van der Waals surface area contributed by atoms with Gasteiger partial charge in [-0.3, -0.25) is 4.79 Å². The molecule has 0 radical (unpaired) electrons. The molecule has 1 heterocycles. The topological polar surface area (TPSA) is 69.5 Å². The Morgan fingerprint density at radius 1 is 1.39 bits per heavy atom. The lowest BCUT2D eigenvalue weighted by atomic mass is 10.1. The molecule has 0 amide bonds. The molecule has 0 fully saturated rings. The van der Waals surface area contributed by atoms with Crippen LogP contribution in [0.4, 0.5) is 4.39 Å². The molecular formula is C13H10FN3O. The molecule has 0 unspecified atom stereocenters. The van der Waals surface area contributed by atoms with Gasteiger partial charge in [-0.15, -0.1) is 0 Å². The zero-order valence-corrected chi connectivity index (χ0v) is 9.70. The lowest BCUT2D eigenvalue weighted by molar-refractivity contribution is 0.627. The van der Waals surface area contributed by atoms with E-state index in [0.29, 0.717) is 23.5 Å². The van der Waals surface area contributed by atoms with Crippen LogP contribution >= 0.6 is 0 Å². The number of nitrogens with zero attached hydrogens (tertiary/aromatic N) is 2. The van der Waals surface area contributed by atoms with E-state index in [-0.39, 0.29) is 11.1 Å². The zero-order valence-electron chi connectivity index (χ0n) is 9.70. The van der Waals surface area contributed by atoms with E-state index in [0.717, 1.165) is 6.07 Å². The highest BCUT2D eigenvalue weighted by Crippen LogP contribution is 2.18. The summed E-state index contributed by atoms with van der Waals surface area (Å²) in [5.74, 6) is 0.00412. The quantitative estimate of drug-likeness (QED) is 0.877. The minimum atomic E-state index is -0.524. The Morgan fingerprint density at radius 2 is 2.17 bits per heavy atom. The molecule has 0 spiro atoms. The van der Waals surface area contributed by atoms with E-state index in [4.69, 9.17) is 5.26 Å². The van der Waals surface area contributed by atoms with Crippen LogP contribution in [0.1, 0.15) is 18.3 Å². The first kappa shape index (κ1) is 12.0. The summed E-state index contributed by atoms with van der Waals surface area (Å²) in [5, 5.41) is 8.78. The van der Waals surface area contributed by atoms with E-state index >= 15 is 0 Å². The maximum atomic E-state index is 13.3. The van der Waals surface area contributed by atoms with Crippen LogP contribution in [-0.2, 0) is 6.42 Å². The van der Waals surface area contributed by atoms with Gasteiger partial charge in [-0.2, -0.15) is 5.26 Å². The predicted molar refractivity (Wildman–Crippen MR) is 64.3 cm³/mol. The molecule has 1 aromatic heterocycles.